The smallest absolute Gasteiger partial charge is 0.318 e. The first-order chi connectivity index (χ1) is 14.6. The molecule has 0 atom stereocenters. The van der Waals surface area contributed by atoms with Gasteiger partial charge in [-0.25, -0.2) is 19.2 Å². The molecule has 1 fully saturated rings. The van der Waals surface area contributed by atoms with Gasteiger partial charge in [0.1, 0.15) is 5.82 Å². The number of ether oxygens (including phenoxy) is 2. The summed E-state index contributed by atoms with van der Waals surface area (Å²) in [6.07, 6.45) is 5.60. The lowest BCUT2D eigenvalue weighted by Gasteiger charge is -2.28. The second kappa shape index (κ2) is 9.38. The highest BCUT2D eigenvalue weighted by atomic mass is 19.1. The Labute approximate surface area is 175 Å². The van der Waals surface area contributed by atoms with E-state index in [0.29, 0.717) is 25.6 Å². The number of carbonyl (C=O) groups is 1. The largest absolute Gasteiger partial charge is 0.494 e. The van der Waals surface area contributed by atoms with Crippen molar-refractivity contribution in [1.82, 2.24) is 20.2 Å². The number of hydrogen-bond acceptors (Lipinski definition) is 5. The van der Waals surface area contributed by atoms with Crippen LogP contribution in [0.1, 0.15) is 35.5 Å². The van der Waals surface area contributed by atoms with Crippen molar-refractivity contribution < 1.29 is 18.7 Å². The predicted molar refractivity (Wildman–Crippen MR) is 109 cm³/mol. The van der Waals surface area contributed by atoms with Crippen molar-refractivity contribution in [2.24, 2.45) is 5.92 Å². The van der Waals surface area contributed by atoms with Gasteiger partial charge in [-0.15, -0.1) is 0 Å². The summed E-state index contributed by atoms with van der Waals surface area (Å²) in [7, 11) is 1.42. The second-order valence-electron chi connectivity index (χ2n) is 7.82. The van der Waals surface area contributed by atoms with E-state index < -0.39 is 5.82 Å². The molecule has 2 aliphatic rings. The van der Waals surface area contributed by atoms with E-state index in [-0.39, 0.29) is 11.8 Å². The van der Waals surface area contributed by atoms with Gasteiger partial charge in [0, 0.05) is 38.9 Å². The lowest BCUT2D eigenvalue weighted by molar-refractivity contribution is 0.0659. The molecule has 1 N–H and O–H groups in total. The molecule has 2 amide bonds. The van der Waals surface area contributed by atoms with Crippen molar-refractivity contribution in [3.8, 4) is 5.75 Å². The fourth-order valence-electron chi connectivity index (χ4n) is 3.93. The number of hydrogen-bond donors (Lipinski definition) is 1. The van der Waals surface area contributed by atoms with Gasteiger partial charge < -0.3 is 19.7 Å². The van der Waals surface area contributed by atoms with E-state index in [1.807, 2.05) is 6.20 Å². The van der Waals surface area contributed by atoms with Gasteiger partial charge >= 0.3 is 6.03 Å². The van der Waals surface area contributed by atoms with E-state index in [1.54, 1.807) is 17.0 Å². The number of amides is 2. The third-order valence-corrected chi connectivity index (χ3v) is 5.75. The van der Waals surface area contributed by atoms with Crippen LogP contribution in [0.2, 0.25) is 0 Å². The number of aromatic nitrogens is 2. The number of fused-ring (bicyclic) bond motifs is 1. The number of nitrogens with one attached hydrogen (secondary N) is 1. The van der Waals surface area contributed by atoms with Crippen LogP contribution < -0.4 is 10.1 Å². The Morgan fingerprint density at radius 3 is 3.00 bits per heavy atom. The Morgan fingerprint density at radius 2 is 2.20 bits per heavy atom. The number of benzene rings is 1. The summed E-state index contributed by atoms with van der Waals surface area (Å²) in [5, 5.41) is 2.90. The Kier molecular flexibility index (Phi) is 6.42. The number of urea groups is 1. The van der Waals surface area contributed by atoms with Crippen LogP contribution in [0.5, 0.6) is 5.75 Å². The summed E-state index contributed by atoms with van der Waals surface area (Å²) in [5.74, 6) is 1.16. The van der Waals surface area contributed by atoms with Crippen LogP contribution in [-0.4, -0.2) is 47.8 Å². The quantitative estimate of drug-likeness (QED) is 0.814. The molecule has 8 heteroatoms. The molecule has 0 bridgehead atoms. The van der Waals surface area contributed by atoms with E-state index in [4.69, 9.17) is 14.5 Å². The van der Waals surface area contributed by atoms with Gasteiger partial charge in [-0.1, -0.05) is 6.07 Å². The molecular weight excluding hydrogens is 387 g/mol. The molecule has 4 rings (SSSR count). The van der Waals surface area contributed by atoms with Crippen molar-refractivity contribution >= 4 is 6.03 Å². The van der Waals surface area contributed by atoms with Gasteiger partial charge in [0.2, 0.25) is 0 Å². The predicted octanol–water partition coefficient (Wildman–Crippen LogP) is 2.86. The normalized spacial score (nSPS) is 16.8. The number of nitrogens with zero attached hydrogens (tertiary/aromatic N) is 3. The van der Waals surface area contributed by atoms with Gasteiger partial charge in [0.15, 0.2) is 11.6 Å². The van der Waals surface area contributed by atoms with Gasteiger partial charge in [-0.05, 0) is 48.4 Å². The van der Waals surface area contributed by atoms with Crippen LogP contribution in [0.4, 0.5) is 9.18 Å². The maximum absolute atomic E-state index is 13.5. The summed E-state index contributed by atoms with van der Waals surface area (Å²) >= 11 is 0. The van der Waals surface area contributed by atoms with Gasteiger partial charge in [-0.3, -0.25) is 0 Å². The maximum Gasteiger partial charge on any atom is 0.318 e. The number of rotatable bonds is 5. The van der Waals surface area contributed by atoms with E-state index in [9.17, 15) is 9.18 Å². The molecule has 1 aromatic carbocycles. The Balaban J connectivity index is 1.35. The Hall–Kier alpha value is -2.74. The number of carbonyl (C=O) groups excluding carboxylic acids is 1. The zero-order valence-electron chi connectivity index (χ0n) is 17.2. The van der Waals surface area contributed by atoms with Crippen molar-refractivity contribution in [2.75, 3.05) is 26.9 Å². The van der Waals surface area contributed by atoms with Crippen LogP contribution in [-0.2, 0) is 30.7 Å². The third-order valence-electron chi connectivity index (χ3n) is 5.75. The maximum atomic E-state index is 13.5. The third kappa shape index (κ3) is 4.87. The molecular formula is C22H27FN4O3. The van der Waals surface area contributed by atoms with E-state index >= 15 is 0 Å². The zero-order chi connectivity index (χ0) is 20.9. The molecule has 0 radical (unpaired) electrons. The van der Waals surface area contributed by atoms with Crippen molar-refractivity contribution in [1.29, 1.82) is 0 Å². The minimum absolute atomic E-state index is 0.159. The lowest BCUT2D eigenvalue weighted by atomic mass is 9.96. The molecule has 3 heterocycles. The molecule has 1 saturated heterocycles. The van der Waals surface area contributed by atoms with Crippen LogP contribution in [0.3, 0.4) is 0 Å². The van der Waals surface area contributed by atoms with Gasteiger partial charge in [0.25, 0.3) is 0 Å². The summed E-state index contributed by atoms with van der Waals surface area (Å²) in [6.45, 7) is 3.01. The zero-order valence-corrected chi connectivity index (χ0v) is 17.2. The fraction of sp³-hybridized carbons (Fsp3) is 0.500. The van der Waals surface area contributed by atoms with Crippen LogP contribution in [0.15, 0.2) is 24.4 Å². The van der Waals surface area contributed by atoms with Crippen LogP contribution in [0, 0.1) is 11.7 Å². The Bertz CT molecular complexity index is 902. The number of halogens is 1. The first kappa shape index (κ1) is 20.5. The molecule has 2 aliphatic heterocycles. The molecule has 0 unspecified atom stereocenters. The second-order valence-corrected chi connectivity index (χ2v) is 7.82. The topological polar surface area (TPSA) is 76.6 Å². The molecule has 0 saturated carbocycles. The van der Waals surface area contributed by atoms with Crippen molar-refractivity contribution in [3.63, 3.8) is 0 Å². The summed E-state index contributed by atoms with van der Waals surface area (Å²) in [6, 6.07) is 4.42. The fourth-order valence-corrected chi connectivity index (χ4v) is 3.93. The highest BCUT2D eigenvalue weighted by Crippen LogP contribution is 2.22. The summed E-state index contributed by atoms with van der Waals surface area (Å²) in [4.78, 5) is 23.7. The molecule has 0 spiro atoms. The van der Waals surface area contributed by atoms with E-state index in [2.05, 4.69) is 10.3 Å². The summed E-state index contributed by atoms with van der Waals surface area (Å²) in [5.41, 5.74) is 2.81. The SMILES string of the molecule is COc1cc(CNC(=O)N2CCc3cnc(CC4CCOCC4)nc3C2)ccc1F. The Morgan fingerprint density at radius 1 is 1.37 bits per heavy atom. The van der Waals surface area contributed by atoms with E-state index in [1.165, 1.54) is 13.2 Å². The average Bonchev–Trinajstić information content (AvgIpc) is 2.78. The molecule has 0 aliphatic carbocycles. The first-order valence-corrected chi connectivity index (χ1v) is 10.4. The highest BCUT2D eigenvalue weighted by Gasteiger charge is 2.23. The lowest BCUT2D eigenvalue weighted by Crippen LogP contribution is -2.43. The van der Waals surface area contributed by atoms with Crippen molar-refractivity contribution in [2.45, 2.75) is 38.8 Å². The van der Waals surface area contributed by atoms with Crippen LogP contribution >= 0.6 is 0 Å². The molecule has 1 aromatic heterocycles. The standard InChI is InChI=1S/C22H27FN4O3/c1-29-20-10-16(2-3-18(20)23)12-25-22(28)27-7-4-17-13-24-21(26-19(17)14-27)11-15-5-8-30-9-6-15/h2-3,10,13,15H,4-9,11-12,14H2,1H3,(H,25,28). The highest BCUT2D eigenvalue weighted by molar-refractivity contribution is 5.74. The molecule has 30 heavy (non-hydrogen) atoms. The first-order valence-electron chi connectivity index (χ1n) is 10.4. The van der Waals surface area contributed by atoms with Gasteiger partial charge in [-0.2, -0.15) is 0 Å². The molecule has 160 valence electrons. The molecule has 7 nitrogen and oxygen atoms in total. The van der Waals surface area contributed by atoms with E-state index in [0.717, 1.165) is 61.5 Å². The number of methoxy groups -OCH3 is 1. The minimum atomic E-state index is -0.420. The van der Waals surface area contributed by atoms with Crippen molar-refractivity contribution in [3.05, 3.63) is 52.9 Å². The monoisotopic (exact) mass is 414 g/mol. The minimum Gasteiger partial charge on any atom is -0.494 e. The van der Waals surface area contributed by atoms with Gasteiger partial charge in [0.05, 0.1) is 19.3 Å². The molecule has 2 aromatic rings. The summed E-state index contributed by atoms with van der Waals surface area (Å²) < 4.78 is 24.0. The average molecular weight is 414 g/mol. The van der Waals surface area contributed by atoms with Crippen LogP contribution in [0.25, 0.3) is 0 Å².